The zero-order valence-electron chi connectivity index (χ0n) is 11.6. The van der Waals surface area contributed by atoms with Gasteiger partial charge in [-0.3, -0.25) is 9.69 Å². The molecule has 104 valence electrons. The molecule has 4 heteroatoms. The van der Waals surface area contributed by atoms with Crippen molar-refractivity contribution in [1.82, 2.24) is 4.90 Å². The minimum atomic E-state index is -0.707. The number of rotatable bonds is 5. The van der Waals surface area contributed by atoms with Gasteiger partial charge in [-0.1, -0.05) is 19.1 Å². The molecule has 1 aromatic rings. The third-order valence-electron chi connectivity index (χ3n) is 3.76. The topological polar surface area (TPSA) is 49.8 Å². The molecule has 4 nitrogen and oxygen atoms in total. The molecule has 1 aliphatic rings. The van der Waals surface area contributed by atoms with Gasteiger partial charge in [0.15, 0.2) is 0 Å². The van der Waals surface area contributed by atoms with Crippen LogP contribution in [0.25, 0.3) is 0 Å². The van der Waals surface area contributed by atoms with E-state index in [4.69, 9.17) is 4.74 Å². The summed E-state index contributed by atoms with van der Waals surface area (Å²) in [6, 6.07) is 5.79. The fraction of sp³-hybridized carbons (Fsp3) is 0.533. The maximum Gasteiger partial charge on any atom is 0.320 e. The minimum Gasteiger partial charge on any atom is -0.496 e. The number of ether oxygens (including phenoxy) is 1. The summed E-state index contributed by atoms with van der Waals surface area (Å²) in [5.74, 6) is 0.198. The molecule has 1 atom stereocenters. The largest absolute Gasteiger partial charge is 0.496 e. The first kappa shape index (κ1) is 13.9. The van der Waals surface area contributed by atoms with Gasteiger partial charge < -0.3 is 9.84 Å². The van der Waals surface area contributed by atoms with Crippen LogP contribution in [0.5, 0.6) is 5.75 Å². The Balaban J connectivity index is 2.12. The second kappa shape index (κ2) is 6.06. The summed E-state index contributed by atoms with van der Waals surface area (Å²) in [6.45, 7) is 3.66. The molecule has 1 N–H and O–H groups in total. The molecule has 1 unspecified atom stereocenters. The molecule has 1 aromatic carbocycles. The second-order valence-electron chi connectivity index (χ2n) is 4.97. The Morgan fingerprint density at radius 2 is 2.32 bits per heavy atom. The molecule has 1 aliphatic heterocycles. The van der Waals surface area contributed by atoms with Gasteiger partial charge in [-0.25, -0.2) is 0 Å². The molecule has 0 bridgehead atoms. The lowest BCUT2D eigenvalue weighted by molar-refractivity contribution is -0.142. The SMILES string of the molecule is CCc1cc(CN2CCCC2C(=O)O)ccc1OC. The molecule has 1 saturated heterocycles. The average molecular weight is 263 g/mol. The average Bonchev–Trinajstić information content (AvgIpc) is 2.87. The molecule has 0 aromatic heterocycles. The van der Waals surface area contributed by atoms with Gasteiger partial charge in [0.2, 0.25) is 0 Å². The number of hydrogen-bond donors (Lipinski definition) is 1. The van der Waals surface area contributed by atoms with E-state index in [1.807, 2.05) is 17.0 Å². The van der Waals surface area contributed by atoms with Crippen molar-refractivity contribution in [1.29, 1.82) is 0 Å². The minimum absolute atomic E-state index is 0.327. The summed E-state index contributed by atoms with van der Waals surface area (Å²) in [6.07, 6.45) is 2.64. The lowest BCUT2D eigenvalue weighted by atomic mass is 10.1. The van der Waals surface area contributed by atoms with E-state index >= 15 is 0 Å². The Bertz CT molecular complexity index is 459. The van der Waals surface area contributed by atoms with Gasteiger partial charge in [0.25, 0.3) is 0 Å². The van der Waals surface area contributed by atoms with Crippen LogP contribution >= 0.6 is 0 Å². The van der Waals surface area contributed by atoms with Crippen molar-refractivity contribution >= 4 is 5.97 Å². The van der Waals surface area contributed by atoms with Gasteiger partial charge in [-0.15, -0.1) is 0 Å². The summed E-state index contributed by atoms with van der Waals surface area (Å²) < 4.78 is 5.31. The Hall–Kier alpha value is -1.55. The quantitative estimate of drug-likeness (QED) is 0.885. The number of benzene rings is 1. The van der Waals surface area contributed by atoms with Gasteiger partial charge in [0.05, 0.1) is 7.11 Å². The molecular weight excluding hydrogens is 242 g/mol. The third kappa shape index (κ3) is 3.07. The molecule has 0 aliphatic carbocycles. The number of aryl methyl sites for hydroxylation is 1. The second-order valence-corrected chi connectivity index (χ2v) is 4.97. The van der Waals surface area contributed by atoms with Crippen LogP contribution < -0.4 is 4.74 Å². The highest BCUT2D eigenvalue weighted by atomic mass is 16.5. The van der Waals surface area contributed by atoms with E-state index in [2.05, 4.69) is 13.0 Å². The van der Waals surface area contributed by atoms with Crippen LogP contribution in [0.1, 0.15) is 30.9 Å². The highest BCUT2D eigenvalue weighted by Crippen LogP contribution is 2.24. The number of carboxylic acid groups (broad SMARTS) is 1. The van der Waals surface area contributed by atoms with E-state index in [0.29, 0.717) is 6.54 Å². The van der Waals surface area contributed by atoms with Gasteiger partial charge in [0.1, 0.15) is 11.8 Å². The zero-order valence-corrected chi connectivity index (χ0v) is 11.6. The summed E-state index contributed by atoms with van der Waals surface area (Å²) in [7, 11) is 1.68. The van der Waals surface area contributed by atoms with E-state index in [-0.39, 0.29) is 6.04 Å². The van der Waals surface area contributed by atoms with E-state index < -0.39 is 5.97 Å². The van der Waals surface area contributed by atoms with Gasteiger partial charge in [-0.2, -0.15) is 0 Å². The summed E-state index contributed by atoms with van der Waals surface area (Å²) in [5, 5.41) is 9.18. The molecule has 1 heterocycles. The molecule has 1 fully saturated rings. The molecule has 0 spiro atoms. The molecule has 0 radical (unpaired) electrons. The number of likely N-dealkylation sites (tertiary alicyclic amines) is 1. The van der Waals surface area contributed by atoms with Crippen LogP contribution in [0.2, 0.25) is 0 Å². The summed E-state index contributed by atoms with van der Waals surface area (Å²) in [4.78, 5) is 13.2. The first-order valence-electron chi connectivity index (χ1n) is 6.78. The number of carboxylic acids is 1. The standard InChI is InChI=1S/C15H21NO3/c1-3-12-9-11(6-7-14(12)19-2)10-16-8-4-5-13(16)15(17)18/h6-7,9,13H,3-5,8,10H2,1-2H3,(H,17,18). The summed E-state index contributed by atoms with van der Waals surface area (Å²) in [5.41, 5.74) is 2.33. The molecule has 0 amide bonds. The van der Waals surface area contributed by atoms with Crippen LogP contribution in [0.15, 0.2) is 18.2 Å². The lowest BCUT2D eigenvalue weighted by Gasteiger charge is -2.21. The van der Waals surface area contributed by atoms with E-state index in [1.165, 1.54) is 5.56 Å². The van der Waals surface area contributed by atoms with Crippen LogP contribution in [0.3, 0.4) is 0 Å². The maximum absolute atomic E-state index is 11.2. The number of nitrogens with zero attached hydrogens (tertiary/aromatic N) is 1. The Kier molecular flexibility index (Phi) is 4.43. The van der Waals surface area contributed by atoms with Crippen LogP contribution in [0.4, 0.5) is 0 Å². The van der Waals surface area contributed by atoms with E-state index in [9.17, 15) is 9.90 Å². The van der Waals surface area contributed by atoms with Crippen molar-refractivity contribution in [3.63, 3.8) is 0 Å². The lowest BCUT2D eigenvalue weighted by Crippen LogP contribution is -2.35. The highest BCUT2D eigenvalue weighted by molar-refractivity contribution is 5.73. The monoisotopic (exact) mass is 263 g/mol. The normalized spacial score (nSPS) is 19.6. The Morgan fingerprint density at radius 3 is 2.95 bits per heavy atom. The third-order valence-corrected chi connectivity index (χ3v) is 3.76. The highest BCUT2D eigenvalue weighted by Gasteiger charge is 2.30. The molecule has 19 heavy (non-hydrogen) atoms. The van der Waals surface area contributed by atoms with Crippen molar-refractivity contribution in [3.05, 3.63) is 29.3 Å². The maximum atomic E-state index is 11.2. The number of aliphatic carboxylic acids is 1. The first-order valence-corrected chi connectivity index (χ1v) is 6.78. The smallest absolute Gasteiger partial charge is 0.320 e. The fourth-order valence-electron chi connectivity index (χ4n) is 2.74. The van der Waals surface area contributed by atoms with Crippen molar-refractivity contribution in [2.75, 3.05) is 13.7 Å². The first-order chi connectivity index (χ1) is 9.15. The Labute approximate surface area is 114 Å². The number of methoxy groups -OCH3 is 1. The molecular formula is C15H21NO3. The van der Waals surface area contributed by atoms with Crippen molar-refractivity contribution in [2.24, 2.45) is 0 Å². The molecule has 2 rings (SSSR count). The summed E-state index contributed by atoms with van der Waals surface area (Å²) >= 11 is 0. The van der Waals surface area contributed by atoms with Crippen LogP contribution in [-0.2, 0) is 17.8 Å². The predicted octanol–water partition coefficient (Wildman–Crippen LogP) is 2.31. The van der Waals surface area contributed by atoms with Gasteiger partial charge in [0, 0.05) is 6.54 Å². The van der Waals surface area contributed by atoms with Crippen LogP contribution in [0, 0.1) is 0 Å². The van der Waals surface area contributed by atoms with Crippen molar-refractivity contribution in [2.45, 2.75) is 38.8 Å². The number of carbonyl (C=O) groups is 1. The predicted molar refractivity (Wildman–Crippen MR) is 73.4 cm³/mol. The van der Waals surface area contributed by atoms with Gasteiger partial charge in [-0.05, 0) is 43.0 Å². The van der Waals surface area contributed by atoms with Crippen molar-refractivity contribution < 1.29 is 14.6 Å². The Morgan fingerprint density at radius 1 is 1.53 bits per heavy atom. The van der Waals surface area contributed by atoms with Crippen LogP contribution in [-0.4, -0.2) is 35.7 Å². The van der Waals surface area contributed by atoms with Crippen molar-refractivity contribution in [3.8, 4) is 5.75 Å². The van der Waals surface area contributed by atoms with E-state index in [0.717, 1.165) is 37.1 Å². The molecule has 0 saturated carbocycles. The fourth-order valence-corrected chi connectivity index (χ4v) is 2.74. The zero-order chi connectivity index (χ0) is 13.8. The van der Waals surface area contributed by atoms with E-state index in [1.54, 1.807) is 7.11 Å². The van der Waals surface area contributed by atoms with Gasteiger partial charge >= 0.3 is 5.97 Å². The number of hydrogen-bond acceptors (Lipinski definition) is 3.